The average Bonchev–Trinajstić information content (AvgIpc) is 3.88. The SMILES string of the molecule is CN(Cc1ccc(-c2ccccc2-c2nnnn2C(c2ccccc2)(c2ccccc2)c2ccccc2)cc1)C(=O)[C@@H](CCc1ccccc1)NC(=O)CCC(C)(C)NC(=O)OCc1ccccc1. The van der Waals surface area contributed by atoms with Gasteiger partial charge in [-0.1, -0.05) is 200 Å². The minimum atomic E-state index is -0.915. The van der Waals surface area contributed by atoms with Gasteiger partial charge in [0.05, 0.1) is 0 Å². The van der Waals surface area contributed by atoms with Crippen LogP contribution in [0.1, 0.15) is 66.5 Å². The second kappa shape index (κ2) is 22.1. The van der Waals surface area contributed by atoms with Gasteiger partial charge in [0.25, 0.3) is 0 Å². The third kappa shape index (κ3) is 11.5. The van der Waals surface area contributed by atoms with Crippen molar-refractivity contribution in [3.8, 4) is 22.5 Å². The van der Waals surface area contributed by atoms with Crippen LogP contribution in [0.2, 0.25) is 0 Å². The summed E-state index contributed by atoms with van der Waals surface area (Å²) in [4.78, 5) is 42.1. The zero-order valence-corrected chi connectivity index (χ0v) is 39.2. The molecule has 1 aromatic heterocycles. The fraction of sp³-hybridized carbons (Fsp3) is 0.207. The highest BCUT2D eigenvalue weighted by Crippen LogP contribution is 2.43. The minimum absolute atomic E-state index is 0.103. The van der Waals surface area contributed by atoms with Gasteiger partial charge in [0.1, 0.15) is 18.2 Å². The topological polar surface area (TPSA) is 131 Å². The van der Waals surface area contributed by atoms with Gasteiger partial charge < -0.3 is 20.3 Å². The molecule has 348 valence electrons. The molecule has 0 unspecified atom stereocenters. The van der Waals surface area contributed by atoms with Gasteiger partial charge in [-0.3, -0.25) is 9.59 Å². The monoisotopic (exact) mass is 915 g/mol. The van der Waals surface area contributed by atoms with E-state index in [1.165, 1.54) is 0 Å². The summed E-state index contributed by atoms with van der Waals surface area (Å²) < 4.78 is 7.35. The van der Waals surface area contributed by atoms with Gasteiger partial charge in [-0.05, 0) is 88.0 Å². The maximum absolute atomic E-state index is 14.2. The van der Waals surface area contributed by atoms with Gasteiger partial charge in [0.2, 0.25) is 11.8 Å². The van der Waals surface area contributed by atoms with Crippen molar-refractivity contribution in [2.75, 3.05) is 7.05 Å². The van der Waals surface area contributed by atoms with Crippen molar-refractivity contribution in [3.63, 3.8) is 0 Å². The Kier molecular flexibility index (Phi) is 15.1. The Labute approximate surface area is 404 Å². The van der Waals surface area contributed by atoms with E-state index in [0.717, 1.165) is 50.1 Å². The number of ether oxygens (including phenoxy) is 1. The molecule has 0 aliphatic rings. The number of hydrogen-bond donors (Lipinski definition) is 2. The fourth-order valence-corrected chi connectivity index (χ4v) is 8.83. The lowest BCUT2D eigenvalue weighted by atomic mass is 9.77. The summed E-state index contributed by atoms with van der Waals surface area (Å²) in [6, 6.07) is 65.9. The quantitative estimate of drug-likeness (QED) is 0.0772. The van der Waals surface area contributed by atoms with E-state index in [9.17, 15) is 14.4 Å². The van der Waals surface area contributed by atoms with E-state index in [4.69, 9.17) is 15.0 Å². The summed E-state index contributed by atoms with van der Waals surface area (Å²) in [5.41, 5.74) is 7.01. The van der Waals surface area contributed by atoms with Gasteiger partial charge >= 0.3 is 6.09 Å². The first kappa shape index (κ1) is 47.3. The number of nitrogens with zero attached hydrogens (tertiary/aromatic N) is 5. The molecule has 8 rings (SSSR count). The lowest BCUT2D eigenvalue weighted by Crippen LogP contribution is -2.48. The average molecular weight is 916 g/mol. The molecule has 0 aliphatic carbocycles. The van der Waals surface area contributed by atoms with E-state index in [1.54, 1.807) is 11.9 Å². The van der Waals surface area contributed by atoms with E-state index >= 15 is 0 Å². The van der Waals surface area contributed by atoms with E-state index < -0.39 is 23.2 Å². The molecule has 0 spiro atoms. The van der Waals surface area contributed by atoms with Crippen molar-refractivity contribution in [2.45, 2.75) is 69.8 Å². The summed E-state index contributed by atoms with van der Waals surface area (Å²) in [5, 5.41) is 19.7. The second-order valence-corrected chi connectivity index (χ2v) is 17.9. The Morgan fingerprint density at radius 3 is 1.70 bits per heavy atom. The summed E-state index contributed by atoms with van der Waals surface area (Å²) in [6.45, 7) is 4.16. The van der Waals surface area contributed by atoms with Crippen molar-refractivity contribution in [1.29, 1.82) is 0 Å². The van der Waals surface area contributed by atoms with Crippen LogP contribution in [0.25, 0.3) is 22.5 Å². The molecule has 8 aromatic rings. The Balaban J connectivity index is 0.990. The van der Waals surface area contributed by atoms with Crippen LogP contribution in [-0.4, -0.2) is 61.6 Å². The molecule has 0 saturated heterocycles. The molecule has 0 bridgehead atoms. The number of aryl methyl sites for hydroxylation is 1. The number of carbonyl (C=O) groups excluding carboxylic acids is 3. The summed E-state index contributed by atoms with van der Waals surface area (Å²) in [5.74, 6) is 0.132. The van der Waals surface area contributed by atoms with Crippen molar-refractivity contribution in [2.24, 2.45) is 0 Å². The molecule has 69 heavy (non-hydrogen) atoms. The predicted octanol–water partition coefficient (Wildman–Crippen LogP) is 10.4. The van der Waals surface area contributed by atoms with E-state index in [-0.39, 0.29) is 24.8 Å². The second-order valence-electron chi connectivity index (χ2n) is 17.9. The maximum atomic E-state index is 14.2. The number of carbonyl (C=O) groups is 3. The summed E-state index contributed by atoms with van der Waals surface area (Å²) in [7, 11) is 1.76. The van der Waals surface area contributed by atoms with Gasteiger partial charge in [0.15, 0.2) is 5.82 Å². The molecule has 7 aromatic carbocycles. The number of rotatable bonds is 19. The third-order valence-corrected chi connectivity index (χ3v) is 12.4. The Morgan fingerprint density at radius 2 is 1.13 bits per heavy atom. The molecule has 11 heteroatoms. The number of tetrazole rings is 1. The van der Waals surface area contributed by atoms with Crippen LogP contribution in [0.3, 0.4) is 0 Å². The van der Waals surface area contributed by atoms with E-state index in [1.807, 2.05) is 164 Å². The molecule has 1 atom stereocenters. The van der Waals surface area contributed by atoms with Crippen LogP contribution in [0.5, 0.6) is 0 Å². The highest BCUT2D eigenvalue weighted by Gasteiger charge is 2.42. The van der Waals surface area contributed by atoms with E-state index in [2.05, 4.69) is 70.4 Å². The molecule has 0 fully saturated rings. The number of likely N-dealkylation sites (N-methyl/N-ethyl adjacent to an activating group) is 1. The Hall–Kier alpha value is -8.18. The first-order chi connectivity index (χ1) is 33.6. The van der Waals surface area contributed by atoms with Crippen molar-refractivity contribution in [3.05, 3.63) is 234 Å². The maximum Gasteiger partial charge on any atom is 0.407 e. The van der Waals surface area contributed by atoms with E-state index in [0.29, 0.717) is 31.6 Å². The first-order valence-electron chi connectivity index (χ1n) is 23.3. The molecule has 2 N–H and O–H groups in total. The normalized spacial score (nSPS) is 11.9. The van der Waals surface area contributed by atoms with Crippen LogP contribution >= 0.6 is 0 Å². The van der Waals surface area contributed by atoms with Crippen LogP contribution in [0.15, 0.2) is 200 Å². The fourth-order valence-electron chi connectivity index (χ4n) is 8.83. The number of hydrogen-bond acceptors (Lipinski definition) is 7. The van der Waals surface area contributed by atoms with Crippen LogP contribution in [-0.2, 0) is 39.4 Å². The van der Waals surface area contributed by atoms with Crippen LogP contribution < -0.4 is 10.6 Å². The zero-order chi connectivity index (χ0) is 48.1. The number of alkyl carbamates (subject to hydrolysis) is 1. The number of aromatic nitrogens is 4. The highest BCUT2D eigenvalue weighted by molar-refractivity contribution is 5.88. The highest BCUT2D eigenvalue weighted by atomic mass is 16.5. The standard InChI is InChI=1S/C58H57N7O4/c1-57(2,60-56(68)69-42-45-23-11-5-12-24-45)40-39-53(66)59-52(38-35-43-21-9-4-10-22-43)55(67)64(3)41-44-33-36-46(37-34-44)50-31-19-20-32-51(50)54-61-62-63-65(54)58(47-25-13-6-14-26-47,48-27-15-7-16-28-48)49-29-17-8-18-30-49/h4-34,36-37,52H,35,38-42H2,1-3H3,(H,59,66)(H,60,68)/t52-/m1/s1. The van der Waals surface area contributed by atoms with Crippen molar-refractivity contribution >= 4 is 17.9 Å². The van der Waals surface area contributed by atoms with Gasteiger partial charge in [-0.15, -0.1) is 5.10 Å². The van der Waals surface area contributed by atoms with Crippen molar-refractivity contribution in [1.82, 2.24) is 35.7 Å². The van der Waals surface area contributed by atoms with Gasteiger partial charge in [-0.2, -0.15) is 0 Å². The lowest BCUT2D eigenvalue weighted by molar-refractivity contribution is -0.136. The number of amides is 3. The minimum Gasteiger partial charge on any atom is -0.445 e. The number of benzene rings is 7. The predicted molar refractivity (Wildman–Crippen MR) is 270 cm³/mol. The van der Waals surface area contributed by atoms with Crippen molar-refractivity contribution < 1.29 is 19.1 Å². The molecule has 0 radical (unpaired) electrons. The smallest absolute Gasteiger partial charge is 0.407 e. The van der Waals surface area contributed by atoms with Crippen LogP contribution in [0.4, 0.5) is 4.79 Å². The summed E-state index contributed by atoms with van der Waals surface area (Å²) >= 11 is 0. The lowest BCUT2D eigenvalue weighted by Gasteiger charge is -2.36. The molecular weight excluding hydrogens is 859 g/mol. The first-order valence-corrected chi connectivity index (χ1v) is 23.3. The number of nitrogens with one attached hydrogen (secondary N) is 2. The Morgan fingerprint density at radius 1 is 0.623 bits per heavy atom. The molecular formula is C58H57N7O4. The van der Waals surface area contributed by atoms with Crippen LogP contribution in [0, 0.1) is 0 Å². The summed E-state index contributed by atoms with van der Waals surface area (Å²) in [6.07, 6.45) is 0.903. The van der Waals surface area contributed by atoms with Gasteiger partial charge in [-0.25, -0.2) is 9.48 Å². The third-order valence-electron chi connectivity index (χ3n) is 12.4. The largest absolute Gasteiger partial charge is 0.445 e. The molecule has 3 amide bonds. The zero-order valence-electron chi connectivity index (χ0n) is 39.2. The Bertz CT molecular complexity index is 2820. The molecule has 11 nitrogen and oxygen atoms in total. The van der Waals surface area contributed by atoms with Gasteiger partial charge in [0, 0.05) is 31.1 Å². The molecule has 1 heterocycles. The molecule has 0 saturated carbocycles. The molecule has 0 aliphatic heterocycles.